The molecule has 0 unspecified atom stereocenters. The van der Waals surface area contributed by atoms with Crippen molar-refractivity contribution in [2.24, 2.45) is 9.98 Å². The summed E-state index contributed by atoms with van der Waals surface area (Å²) in [4.78, 5) is 28.3. The van der Waals surface area contributed by atoms with Crippen molar-refractivity contribution >= 4 is 12.2 Å². The summed E-state index contributed by atoms with van der Waals surface area (Å²) in [6.07, 6.45) is 8.76. The molecule has 29 heavy (non-hydrogen) atoms. The van der Waals surface area contributed by atoms with Crippen molar-refractivity contribution in [3.63, 3.8) is 0 Å². The number of nitrogens with zero attached hydrogens (tertiary/aromatic N) is 2. The van der Waals surface area contributed by atoms with E-state index in [1.807, 2.05) is 30.4 Å². The van der Waals surface area contributed by atoms with E-state index in [2.05, 4.69) is 74.1 Å². The minimum Gasteiger partial charge on any atom is -0.211 e. The maximum Gasteiger partial charge on any atom is 0.237 e. The van der Waals surface area contributed by atoms with Gasteiger partial charge in [0, 0.05) is 11.8 Å². The number of allylic oxidation sites excluding steroid dienone is 2. The molecule has 0 N–H and O–H groups in total. The van der Waals surface area contributed by atoms with Crippen LogP contribution in [0.4, 0.5) is 0 Å². The summed E-state index contributed by atoms with van der Waals surface area (Å²) in [5, 5.41) is 0. The van der Waals surface area contributed by atoms with E-state index in [1.165, 1.54) is 28.9 Å². The molecule has 0 radical (unpaired) electrons. The Bertz CT molecular complexity index is 934. The van der Waals surface area contributed by atoms with E-state index in [9.17, 15) is 9.59 Å². The summed E-state index contributed by atoms with van der Waals surface area (Å²) in [7, 11) is 0. The van der Waals surface area contributed by atoms with Crippen molar-refractivity contribution in [3.8, 4) is 0 Å². The van der Waals surface area contributed by atoms with E-state index in [1.54, 1.807) is 6.08 Å². The maximum atomic E-state index is 10.5. The first-order valence-electron chi connectivity index (χ1n) is 9.50. The number of carbonyl (C=O) groups excluding carboxylic acids is 2. The molecule has 2 aromatic rings. The molecule has 0 spiro atoms. The smallest absolute Gasteiger partial charge is 0.211 e. The Labute approximate surface area is 172 Å². The van der Waals surface area contributed by atoms with Crippen molar-refractivity contribution in [1.29, 1.82) is 0 Å². The van der Waals surface area contributed by atoms with Crippen LogP contribution >= 0.6 is 0 Å². The molecule has 4 heteroatoms. The second kappa shape index (κ2) is 9.75. The van der Waals surface area contributed by atoms with Gasteiger partial charge in [-0.25, -0.2) is 9.59 Å². The Morgan fingerprint density at radius 2 is 1.38 bits per heavy atom. The van der Waals surface area contributed by atoms with Crippen LogP contribution in [0.25, 0.3) is 0 Å². The van der Waals surface area contributed by atoms with Crippen LogP contribution in [0.5, 0.6) is 0 Å². The van der Waals surface area contributed by atoms with Crippen LogP contribution in [0.2, 0.25) is 0 Å². The molecule has 0 bridgehead atoms. The standard InChI is InChI=1S/C17H16N2O2.C8H10/c1-16(2,14-6-4-3-5-7-14)15-8-10-17(11-9-15,18-12-20)19-13-21;1-7-3-5-8(2)6-4-7/h3-10H,11H2,1-2H3;3-6H,1-2H3. The summed E-state index contributed by atoms with van der Waals surface area (Å²) in [6, 6.07) is 18.6. The lowest BCUT2D eigenvalue weighted by Crippen LogP contribution is -2.26. The molecule has 1 aliphatic carbocycles. The van der Waals surface area contributed by atoms with E-state index < -0.39 is 5.66 Å². The number of hydrogen-bond acceptors (Lipinski definition) is 4. The average molecular weight is 386 g/mol. The number of hydrogen-bond donors (Lipinski definition) is 0. The van der Waals surface area contributed by atoms with Gasteiger partial charge < -0.3 is 0 Å². The van der Waals surface area contributed by atoms with Gasteiger partial charge in [-0.3, -0.25) is 0 Å². The molecule has 4 nitrogen and oxygen atoms in total. The highest BCUT2D eigenvalue weighted by Gasteiger charge is 2.32. The van der Waals surface area contributed by atoms with Crippen LogP contribution in [0.3, 0.4) is 0 Å². The third-order valence-corrected chi connectivity index (χ3v) is 5.07. The van der Waals surface area contributed by atoms with Gasteiger partial charge in [0.15, 0.2) is 5.66 Å². The number of isocyanates is 2. The molecule has 1 aliphatic rings. The first kappa shape index (κ1) is 22.0. The molecule has 0 heterocycles. The minimum absolute atomic E-state index is 0.181. The van der Waals surface area contributed by atoms with Gasteiger partial charge >= 0.3 is 0 Å². The fourth-order valence-corrected chi connectivity index (χ4v) is 3.09. The number of rotatable bonds is 4. The summed E-state index contributed by atoms with van der Waals surface area (Å²) in [5.41, 5.74) is 3.57. The monoisotopic (exact) mass is 386 g/mol. The van der Waals surface area contributed by atoms with Gasteiger partial charge in [-0.1, -0.05) is 91.7 Å². The SMILES string of the molecule is CC(C)(C1=CCC(N=C=O)(N=C=O)C=C1)c1ccccc1.Cc1ccc(C)cc1. The molecule has 0 amide bonds. The van der Waals surface area contributed by atoms with Crippen LogP contribution in [0.15, 0.2) is 88.4 Å². The van der Waals surface area contributed by atoms with E-state index in [0.29, 0.717) is 6.42 Å². The Hall–Kier alpha value is -3.32. The molecule has 0 fully saturated rings. The molecule has 148 valence electrons. The van der Waals surface area contributed by atoms with Gasteiger partial charge in [0.05, 0.1) is 0 Å². The Morgan fingerprint density at radius 1 is 0.862 bits per heavy atom. The molecule has 0 atom stereocenters. The number of benzene rings is 2. The highest BCUT2D eigenvalue weighted by atomic mass is 16.1. The van der Waals surface area contributed by atoms with Crippen LogP contribution < -0.4 is 0 Å². The first-order chi connectivity index (χ1) is 13.8. The largest absolute Gasteiger partial charge is 0.237 e. The Morgan fingerprint density at radius 3 is 1.79 bits per heavy atom. The van der Waals surface area contributed by atoms with Gasteiger partial charge in [0.25, 0.3) is 0 Å². The van der Waals surface area contributed by atoms with Crippen molar-refractivity contribution in [2.75, 3.05) is 0 Å². The Kier molecular flexibility index (Phi) is 7.39. The van der Waals surface area contributed by atoms with Gasteiger partial charge in [0.1, 0.15) is 0 Å². The Balaban J connectivity index is 0.000000313. The molecule has 2 aromatic carbocycles. The third kappa shape index (κ3) is 5.83. The van der Waals surface area contributed by atoms with E-state index in [-0.39, 0.29) is 5.41 Å². The van der Waals surface area contributed by atoms with E-state index in [4.69, 9.17) is 0 Å². The lowest BCUT2D eigenvalue weighted by Gasteiger charge is -2.31. The van der Waals surface area contributed by atoms with Crippen LogP contribution in [0.1, 0.15) is 37.0 Å². The normalized spacial score (nSPS) is 17.7. The summed E-state index contributed by atoms with van der Waals surface area (Å²) in [6.45, 7) is 8.44. The molecule has 0 aliphatic heterocycles. The lowest BCUT2D eigenvalue weighted by molar-refractivity contribution is 0.507. The zero-order valence-corrected chi connectivity index (χ0v) is 17.3. The quantitative estimate of drug-likeness (QED) is 0.513. The number of aliphatic imine (C=N–C) groups is 2. The second-order valence-corrected chi connectivity index (χ2v) is 7.63. The molecule has 0 saturated heterocycles. The van der Waals surface area contributed by atoms with Gasteiger partial charge in [0.2, 0.25) is 12.2 Å². The van der Waals surface area contributed by atoms with Crippen molar-refractivity contribution in [1.82, 2.24) is 0 Å². The third-order valence-electron chi connectivity index (χ3n) is 5.07. The fourth-order valence-electron chi connectivity index (χ4n) is 3.09. The van der Waals surface area contributed by atoms with Gasteiger partial charge in [-0.2, -0.15) is 9.98 Å². The van der Waals surface area contributed by atoms with Crippen molar-refractivity contribution in [2.45, 2.75) is 45.2 Å². The maximum absolute atomic E-state index is 10.5. The highest BCUT2D eigenvalue weighted by Crippen LogP contribution is 2.37. The summed E-state index contributed by atoms with van der Waals surface area (Å²) in [5.74, 6) is 0. The minimum atomic E-state index is -1.18. The lowest BCUT2D eigenvalue weighted by atomic mass is 9.75. The molecule has 0 saturated carbocycles. The van der Waals surface area contributed by atoms with Crippen LogP contribution in [-0.4, -0.2) is 17.8 Å². The highest BCUT2D eigenvalue weighted by molar-refractivity contribution is 5.47. The average Bonchev–Trinajstić information content (AvgIpc) is 2.72. The summed E-state index contributed by atoms with van der Waals surface area (Å²) >= 11 is 0. The van der Waals surface area contributed by atoms with E-state index in [0.717, 1.165) is 5.57 Å². The number of aryl methyl sites for hydroxylation is 2. The molecule has 3 rings (SSSR count). The van der Waals surface area contributed by atoms with Crippen LogP contribution in [0, 0.1) is 13.8 Å². The predicted molar refractivity (Wildman–Crippen MR) is 116 cm³/mol. The predicted octanol–water partition coefficient (Wildman–Crippen LogP) is 5.52. The van der Waals surface area contributed by atoms with Gasteiger partial charge in [-0.15, -0.1) is 0 Å². The van der Waals surface area contributed by atoms with Crippen molar-refractivity contribution in [3.05, 3.63) is 95.1 Å². The topological polar surface area (TPSA) is 58.9 Å². The summed E-state index contributed by atoms with van der Waals surface area (Å²) < 4.78 is 0. The zero-order chi connectivity index (χ0) is 21.3. The zero-order valence-electron chi connectivity index (χ0n) is 17.3. The molecule has 0 aromatic heterocycles. The van der Waals surface area contributed by atoms with Gasteiger partial charge in [-0.05, 0) is 31.1 Å². The van der Waals surface area contributed by atoms with E-state index >= 15 is 0 Å². The second-order valence-electron chi connectivity index (χ2n) is 7.63. The van der Waals surface area contributed by atoms with Crippen molar-refractivity contribution < 1.29 is 9.59 Å². The van der Waals surface area contributed by atoms with Crippen LogP contribution in [-0.2, 0) is 15.0 Å². The fraction of sp³-hybridized carbons (Fsp3) is 0.280. The molecular weight excluding hydrogens is 360 g/mol. The first-order valence-corrected chi connectivity index (χ1v) is 9.50. The molecular formula is C25H26N2O2.